The molecule has 0 saturated heterocycles. The predicted octanol–water partition coefficient (Wildman–Crippen LogP) is 4.30. The van der Waals surface area contributed by atoms with Crippen LogP contribution in [0.15, 0.2) is 10.1 Å². The number of hydrogen-bond donors (Lipinski definition) is 1. The van der Waals surface area contributed by atoms with Crippen molar-refractivity contribution in [1.82, 2.24) is 5.01 Å². The van der Waals surface area contributed by atoms with Gasteiger partial charge >= 0.3 is 0 Å². The van der Waals surface area contributed by atoms with Crippen LogP contribution in [0.1, 0.15) is 78.6 Å². The molecule has 166 valence electrons. The second kappa shape index (κ2) is 7.43. The van der Waals surface area contributed by atoms with Crippen LogP contribution in [0.2, 0.25) is 0 Å². The lowest BCUT2D eigenvalue weighted by atomic mass is 9.49. The van der Waals surface area contributed by atoms with Gasteiger partial charge in [-0.25, -0.2) is 4.99 Å². The van der Waals surface area contributed by atoms with E-state index in [-0.39, 0.29) is 11.3 Å². The fourth-order valence-corrected chi connectivity index (χ4v) is 8.54. The molecule has 5 heteroatoms. The Morgan fingerprint density at radius 2 is 1.90 bits per heavy atom. The van der Waals surface area contributed by atoms with E-state index in [4.69, 9.17) is 0 Å². The highest BCUT2D eigenvalue weighted by Crippen LogP contribution is 2.64. The first-order valence-electron chi connectivity index (χ1n) is 12.3. The second-order valence-corrected chi connectivity index (χ2v) is 11.7. The van der Waals surface area contributed by atoms with Crippen molar-refractivity contribution in [3.05, 3.63) is 0 Å². The number of carbonyl (C=O) groups is 1. The van der Waals surface area contributed by atoms with Gasteiger partial charge in [0.25, 0.3) is 0 Å². The molecule has 0 aromatic heterocycles. The molecule has 0 radical (unpaired) electrons. The third kappa shape index (κ3) is 3.45. The van der Waals surface area contributed by atoms with E-state index in [2.05, 4.69) is 17.0 Å². The number of carbonyl (C=O) groups excluding carboxylic acids is 1. The highest BCUT2D eigenvalue weighted by molar-refractivity contribution is 5.92. The summed E-state index contributed by atoms with van der Waals surface area (Å²) in [4.78, 5) is 17.6. The van der Waals surface area contributed by atoms with E-state index in [1.54, 1.807) is 6.34 Å². The molecule has 1 heterocycles. The van der Waals surface area contributed by atoms with Gasteiger partial charge in [-0.3, -0.25) is 9.80 Å². The normalized spacial score (nSPS) is 47.9. The van der Waals surface area contributed by atoms with E-state index in [9.17, 15) is 9.90 Å². The number of Topliss-reactive ketones (excluding diaryl/α,β-unsaturated/α-hetero) is 1. The number of fused-ring (bicyclic) bond motifs is 5. The molecule has 8 atom stereocenters. The van der Waals surface area contributed by atoms with Crippen molar-refractivity contribution in [1.29, 1.82) is 0 Å². The maximum Gasteiger partial charge on any atom is 0.157 e. The molecule has 5 rings (SSSR count). The smallest absolute Gasteiger partial charge is 0.157 e. The molecule has 0 unspecified atom stereocenters. The Balaban J connectivity index is 1.28. The van der Waals surface area contributed by atoms with E-state index >= 15 is 0 Å². The topological polar surface area (TPSA) is 65.3 Å². The van der Waals surface area contributed by atoms with Gasteiger partial charge in [-0.2, -0.15) is 5.10 Å². The molecular formula is C25H39N3O2. The standard InChI is InChI=1S/C25H39N3O2/c1-16-13-28(27-15-26-16)14-23(29)22-7-6-21-20-5-4-17-12-24(2,30)10-8-18(17)19(20)9-11-25(21,22)3/h15,17-22,30H,4-14H2,1-3H3/t17-,18+,19-,20-,21+,22-,24-,25+/m1/s1. The largest absolute Gasteiger partial charge is 0.390 e. The number of nitrogens with zero attached hydrogens (tertiary/aromatic N) is 3. The van der Waals surface area contributed by atoms with Gasteiger partial charge in [0.15, 0.2) is 5.78 Å². The van der Waals surface area contributed by atoms with Gasteiger partial charge in [-0.1, -0.05) is 6.92 Å². The molecule has 0 bridgehead atoms. The third-order valence-corrected chi connectivity index (χ3v) is 9.87. The first-order valence-corrected chi connectivity index (χ1v) is 12.3. The van der Waals surface area contributed by atoms with Crippen molar-refractivity contribution in [2.45, 2.75) is 84.2 Å². The van der Waals surface area contributed by atoms with Crippen LogP contribution in [0, 0.1) is 40.9 Å². The third-order valence-electron chi connectivity index (χ3n) is 9.87. The summed E-state index contributed by atoms with van der Waals surface area (Å²) in [7, 11) is 0. The number of hydrazone groups is 1. The summed E-state index contributed by atoms with van der Waals surface area (Å²) in [6, 6.07) is 0. The van der Waals surface area contributed by atoms with Gasteiger partial charge in [0.2, 0.25) is 0 Å². The molecule has 0 amide bonds. The second-order valence-electron chi connectivity index (χ2n) is 11.7. The average Bonchev–Trinajstić information content (AvgIpc) is 3.04. The van der Waals surface area contributed by atoms with Gasteiger partial charge in [-0.05, 0) is 107 Å². The molecule has 4 aliphatic carbocycles. The number of aliphatic imine (C=N–C) groups is 1. The number of hydrogen-bond acceptors (Lipinski definition) is 5. The Morgan fingerprint density at radius 3 is 2.70 bits per heavy atom. The highest BCUT2D eigenvalue weighted by atomic mass is 16.3. The fourth-order valence-electron chi connectivity index (χ4n) is 8.54. The number of aliphatic hydroxyl groups is 1. The van der Waals surface area contributed by atoms with Crippen molar-refractivity contribution < 1.29 is 9.90 Å². The average molecular weight is 414 g/mol. The molecule has 4 fully saturated rings. The minimum atomic E-state index is -0.442. The van der Waals surface area contributed by atoms with Crippen molar-refractivity contribution in [2.24, 2.45) is 51.0 Å². The molecule has 0 spiro atoms. The van der Waals surface area contributed by atoms with Gasteiger partial charge in [0.05, 0.1) is 18.7 Å². The van der Waals surface area contributed by atoms with Crippen LogP contribution in [0.3, 0.4) is 0 Å². The van der Waals surface area contributed by atoms with Crippen molar-refractivity contribution >= 4 is 17.8 Å². The first-order chi connectivity index (χ1) is 14.3. The summed E-state index contributed by atoms with van der Waals surface area (Å²) in [6.45, 7) is 7.59. The van der Waals surface area contributed by atoms with E-state index in [0.717, 1.165) is 48.6 Å². The maximum absolute atomic E-state index is 13.4. The molecule has 1 N–H and O–H groups in total. The molecule has 0 aromatic carbocycles. The van der Waals surface area contributed by atoms with Crippen molar-refractivity contribution in [3.8, 4) is 0 Å². The highest BCUT2D eigenvalue weighted by Gasteiger charge is 2.58. The fraction of sp³-hybridized carbons (Fsp3) is 0.880. The zero-order chi connectivity index (χ0) is 21.1. The molecule has 5 aliphatic rings. The monoisotopic (exact) mass is 413 g/mol. The van der Waals surface area contributed by atoms with E-state index in [1.807, 2.05) is 18.9 Å². The Labute approximate surface area is 181 Å². The molecular weight excluding hydrogens is 374 g/mol. The van der Waals surface area contributed by atoms with Crippen LogP contribution < -0.4 is 0 Å². The van der Waals surface area contributed by atoms with Crippen LogP contribution in [0.25, 0.3) is 0 Å². The van der Waals surface area contributed by atoms with Crippen LogP contribution in [-0.4, -0.2) is 46.6 Å². The molecule has 1 aliphatic heterocycles. The SMILES string of the molecule is CC1=NC=NN(CC(=O)[C@H]2CC[C@H]3[C@@H]4CC[C@@H]5C[C@](C)(O)CC[C@@H]5[C@H]4CC[C@]23C)C1. The molecule has 5 nitrogen and oxygen atoms in total. The van der Waals surface area contributed by atoms with Crippen LogP contribution in [-0.2, 0) is 4.79 Å². The van der Waals surface area contributed by atoms with E-state index in [0.29, 0.717) is 24.8 Å². The van der Waals surface area contributed by atoms with E-state index < -0.39 is 5.60 Å². The first kappa shape index (κ1) is 20.7. The number of rotatable bonds is 3. The van der Waals surface area contributed by atoms with Crippen LogP contribution in [0.4, 0.5) is 0 Å². The van der Waals surface area contributed by atoms with Gasteiger partial charge in [0.1, 0.15) is 6.34 Å². The minimum absolute atomic E-state index is 0.174. The Bertz CT molecular complexity index is 759. The molecule has 4 saturated carbocycles. The number of ketones is 1. The lowest BCUT2D eigenvalue weighted by Gasteiger charge is -2.56. The zero-order valence-electron chi connectivity index (χ0n) is 19.0. The molecule has 30 heavy (non-hydrogen) atoms. The summed E-state index contributed by atoms with van der Waals surface area (Å²) in [5.74, 6) is 4.47. The van der Waals surface area contributed by atoms with E-state index in [1.165, 1.54) is 38.5 Å². The lowest BCUT2D eigenvalue weighted by molar-refractivity contribution is -0.133. The Morgan fingerprint density at radius 1 is 1.10 bits per heavy atom. The summed E-state index contributed by atoms with van der Waals surface area (Å²) in [5.41, 5.74) is 0.757. The van der Waals surface area contributed by atoms with Crippen molar-refractivity contribution in [2.75, 3.05) is 13.1 Å². The maximum atomic E-state index is 13.4. The van der Waals surface area contributed by atoms with Crippen LogP contribution in [0.5, 0.6) is 0 Å². The Hall–Kier alpha value is -1.23. The zero-order valence-corrected chi connectivity index (χ0v) is 19.0. The summed E-state index contributed by atoms with van der Waals surface area (Å²) < 4.78 is 0. The summed E-state index contributed by atoms with van der Waals surface area (Å²) in [6.07, 6.45) is 12.2. The van der Waals surface area contributed by atoms with Gasteiger partial charge in [-0.15, -0.1) is 0 Å². The Kier molecular flexibility index (Phi) is 5.11. The molecule has 0 aromatic rings. The quantitative estimate of drug-likeness (QED) is 0.750. The van der Waals surface area contributed by atoms with Gasteiger partial charge < -0.3 is 5.11 Å². The van der Waals surface area contributed by atoms with Crippen molar-refractivity contribution in [3.63, 3.8) is 0 Å². The minimum Gasteiger partial charge on any atom is -0.390 e. The summed E-state index contributed by atoms with van der Waals surface area (Å²) >= 11 is 0. The predicted molar refractivity (Wildman–Crippen MR) is 119 cm³/mol. The van der Waals surface area contributed by atoms with Crippen LogP contribution >= 0.6 is 0 Å². The summed E-state index contributed by atoms with van der Waals surface area (Å²) in [5, 5.41) is 16.8. The van der Waals surface area contributed by atoms with Gasteiger partial charge in [0, 0.05) is 11.6 Å². The lowest BCUT2D eigenvalue weighted by Crippen LogP contribution is -2.51.